The third kappa shape index (κ3) is 2.80. The van der Waals surface area contributed by atoms with Gasteiger partial charge in [0.1, 0.15) is 11.9 Å². The summed E-state index contributed by atoms with van der Waals surface area (Å²) in [6, 6.07) is 5.96. The molecule has 1 N–H and O–H groups in total. The van der Waals surface area contributed by atoms with E-state index < -0.39 is 10.1 Å². The number of nitrogens with zero attached hydrogens (tertiary/aromatic N) is 2. The van der Waals surface area contributed by atoms with Crippen molar-refractivity contribution in [3.8, 4) is 5.75 Å². The first-order valence-corrected chi connectivity index (χ1v) is 5.94. The molecule has 0 atom stereocenters. The molecule has 1 heterocycles. The first kappa shape index (κ1) is 11.6. The van der Waals surface area contributed by atoms with Gasteiger partial charge in [-0.05, 0) is 22.9 Å². The minimum absolute atomic E-state index is 0.0947. The number of benzene rings is 1. The normalized spacial score (nSPS) is 11.5. The first-order valence-electron chi connectivity index (χ1n) is 4.53. The monoisotopic (exact) mass is 256 g/mol. The van der Waals surface area contributed by atoms with Crippen LogP contribution in [-0.2, 0) is 20.9 Å². The minimum Gasteiger partial charge on any atom is -0.508 e. The fourth-order valence-corrected chi connectivity index (χ4v) is 1.77. The Morgan fingerprint density at radius 3 is 2.59 bits per heavy atom. The van der Waals surface area contributed by atoms with Gasteiger partial charge in [-0.25, -0.2) is 4.63 Å². The van der Waals surface area contributed by atoms with Crippen LogP contribution in [0.4, 0.5) is 0 Å². The van der Waals surface area contributed by atoms with E-state index in [9.17, 15) is 8.42 Å². The van der Waals surface area contributed by atoms with Crippen molar-refractivity contribution < 1.29 is 22.3 Å². The highest BCUT2D eigenvalue weighted by atomic mass is 32.2. The van der Waals surface area contributed by atoms with Crippen molar-refractivity contribution in [1.29, 1.82) is 0 Å². The summed E-state index contributed by atoms with van der Waals surface area (Å²) in [4.78, 5) is 0. The minimum atomic E-state index is -3.96. The fraction of sp³-hybridized carbons (Fsp3) is 0.111. The van der Waals surface area contributed by atoms with Gasteiger partial charge in [0.05, 0.1) is 6.61 Å². The summed E-state index contributed by atoms with van der Waals surface area (Å²) in [5.74, 6) is 0.0947. The second kappa shape index (κ2) is 4.52. The molecule has 0 aliphatic heterocycles. The molecule has 0 saturated heterocycles. The quantitative estimate of drug-likeness (QED) is 0.802. The number of hydrogen-bond acceptors (Lipinski definition) is 7. The van der Waals surface area contributed by atoms with E-state index in [0.29, 0.717) is 5.56 Å². The number of phenols is 1. The molecule has 0 aliphatic carbocycles. The summed E-state index contributed by atoms with van der Waals surface area (Å²) in [6.07, 6.45) is 0.951. The molecular weight excluding hydrogens is 248 g/mol. The molecule has 2 aromatic rings. The van der Waals surface area contributed by atoms with Crippen LogP contribution in [0.25, 0.3) is 0 Å². The van der Waals surface area contributed by atoms with Crippen LogP contribution in [-0.4, -0.2) is 23.8 Å². The fourth-order valence-electron chi connectivity index (χ4n) is 1.06. The van der Waals surface area contributed by atoms with Gasteiger partial charge in [-0.15, -0.1) is 0 Å². The molecule has 17 heavy (non-hydrogen) atoms. The lowest BCUT2D eigenvalue weighted by molar-refractivity contribution is 0.283. The predicted molar refractivity (Wildman–Crippen MR) is 54.4 cm³/mol. The van der Waals surface area contributed by atoms with Crippen molar-refractivity contribution in [2.45, 2.75) is 11.6 Å². The lowest BCUT2D eigenvalue weighted by Gasteiger charge is -2.02. The van der Waals surface area contributed by atoms with Gasteiger partial charge in [-0.3, -0.25) is 4.18 Å². The van der Waals surface area contributed by atoms with Crippen LogP contribution in [0.3, 0.4) is 0 Å². The van der Waals surface area contributed by atoms with E-state index >= 15 is 0 Å². The van der Waals surface area contributed by atoms with E-state index in [4.69, 9.17) is 9.29 Å². The van der Waals surface area contributed by atoms with Crippen molar-refractivity contribution in [3.05, 3.63) is 36.0 Å². The van der Waals surface area contributed by atoms with Crippen LogP contribution >= 0.6 is 0 Å². The molecule has 7 nitrogen and oxygen atoms in total. The third-order valence-electron chi connectivity index (χ3n) is 1.91. The van der Waals surface area contributed by atoms with Gasteiger partial charge in [-0.2, -0.15) is 8.42 Å². The van der Waals surface area contributed by atoms with Gasteiger partial charge in [0, 0.05) is 0 Å². The van der Waals surface area contributed by atoms with Crippen LogP contribution in [0.1, 0.15) is 5.56 Å². The van der Waals surface area contributed by atoms with Crippen LogP contribution < -0.4 is 0 Å². The third-order valence-corrected chi connectivity index (χ3v) is 3.03. The Labute approximate surface area is 96.7 Å². The molecule has 1 aromatic heterocycles. The molecule has 1 aromatic carbocycles. The number of hydrogen-bond donors (Lipinski definition) is 1. The van der Waals surface area contributed by atoms with Crippen molar-refractivity contribution in [2.24, 2.45) is 0 Å². The van der Waals surface area contributed by atoms with Crippen molar-refractivity contribution >= 4 is 10.1 Å². The van der Waals surface area contributed by atoms with E-state index in [1.807, 2.05) is 0 Å². The summed E-state index contributed by atoms with van der Waals surface area (Å²) < 4.78 is 31.9. The standard InChI is InChI=1S/C9H8N2O5S/c12-8-3-1-7(2-4-8)6-15-17(13,14)9-5-10-16-11-9/h1-5,12H,6H2. The summed E-state index contributed by atoms with van der Waals surface area (Å²) in [5.41, 5.74) is 0.600. The average Bonchev–Trinajstić information content (AvgIpc) is 2.82. The van der Waals surface area contributed by atoms with Crippen molar-refractivity contribution in [3.63, 3.8) is 0 Å². The van der Waals surface area contributed by atoms with Gasteiger partial charge in [0.15, 0.2) is 0 Å². The van der Waals surface area contributed by atoms with Crippen LogP contribution in [0.15, 0.2) is 40.1 Å². The van der Waals surface area contributed by atoms with E-state index in [1.54, 1.807) is 12.1 Å². The van der Waals surface area contributed by atoms with Gasteiger partial charge in [0.25, 0.3) is 0 Å². The Kier molecular flexibility index (Phi) is 3.07. The molecule has 2 rings (SSSR count). The van der Waals surface area contributed by atoms with Gasteiger partial charge < -0.3 is 5.11 Å². The summed E-state index contributed by atoms with van der Waals surface area (Å²) in [5, 5.41) is 15.0. The number of phenolic OH excluding ortho intramolecular Hbond substituents is 1. The largest absolute Gasteiger partial charge is 0.508 e. The van der Waals surface area contributed by atoms with Crippen molar-refractivity contribution in [2.75, 3.05) is 0 Å². The van der Waals surface area contributed by atoms with Gasteiger partial charge >= 0.3 is 10.1 Å². The molecule has 0 spiro atoms. The molecule has 90 valence electrons. The zero-order valence-corrected chi connectivity index (χ0v) is 9.29. The zero-order valence-electron chi connectivity index (χ0n) is 8.48. The molecule has 0 unspecified atom stereocenters. The second-order valence-electron chi connectivity index (χ2n) is 3.13. The molecule has 0 radical (unpaired) electrons. The summed E-state index contributed by atoms with van der Waals surface area (Å²) >= 11 is 0. The highest BCUT2D eigenvalue weighted by molar-refractivity contribution is 7.86. The van der Waals surface area contributed by atoms with E-state index in [2.05, 4.69) is 14.9 Å². The number of aromatic hydroxyl groups is 1. The van der Waals surface area contributed by atoms with E-state index in [-0.39, 0.29) is 17.4 Å². The van der Waals surface area contributed by atoms with E-state index in [1.165, 1.54) is 12.1 Å². The van der Waals surface area contributed by atoms with Gasteiger partial charge in [0.2, 0.25) is 5.03 Å². The Morgan fingerprint density at radius 1 is 1.29 bits per heavy atom. The Balaban J connectivity index is 2.06. The molecular formula is C9H8N2O5S. The maximum atomic E-state index is 11.5. The Hall–Kier alpha value is -1.93. The van der Waals surface area contributed by atoms with Gasteiger partial charge in [-0.1, -0.05) is 17.3 Å². The Morgan fingerprint density at radius 2 is 2.00 bits per heavy atom. The Bertz CT molecular complexity index is 576. The summed E-state index contributed by atoms with van der Waals surface area (Å²) in [7, 11) is -3.96. The molecule has 0 aliphatic rings. The van der Waals surface area contributed by atoms with Crippen LogP contribution in [0.2, 0.25) is 0 Å². The first-order chi connectivity index (χ1) is 8.08. The maximum Gasteiger partial charge on any atom is 0.320 e. The molecule has 0 saturated carbocycles. The number of rotatable bonds is 4. The SMILES string of the molecule is O=S(=O)(OCc1ccc(O)cc1)c1cnon1. The molecule has 8 heteroatoms. The predicted octanol–water partition coefficient (Wildman–Crippen LogP) is 0.681. The lowest BCUT2D eigenvalue weighted by atomic mass is 10.2. The smallest absolute Gasteiger partial charge is 0.320 e. The van der Waals surface area contributed by atoms with Crippen molar-refractivity contribution in [1.82, 2.24) is 10.3 Å². The molecule has 0 bridgehead atoms. The zero-order chi connectivity index (χ0) is 12.3. The molecule has 0 amide bonds. The second-order valence-corrected chi connectivity index (χ2v) is 4.69. The van der Waals surface area contributed by atoms with E-state index in [0.717, 1.165) is 6.20 Å². The maximum absolute atomic E-state index is 11.5. The lowest BCUT2D eigenvalue weighted by Crippen LogP contribution is -2.06. The molecule has 0 fully saturated rings. The summed E-state index contributed by atoms with van der Waals surface area (Å²) in [6.45, 7) is -0.157. The van der Waals surface area contributed by atoms with Crippen LogP contribution in [0.5, 0.6) is 5.75 Å². The highest BCUT2D eigenvalue weighted by Gasteiger charge is 2.19. The number of aromatic nitrogens is 2. The topological polar surface area (TPSA) is 103 Å². The highest BCUT2D eigenvalue weighted by Crippen LogP contribution is 2.14. The average molecular weight is 256 g/mol. The van der Waals surface area contributed by atoms with Crippen LogP contribution in [0, 0.1) is 0 Å².